The Labute approximate surface area is 193 Å². The Morgan fingerprint density at radius 2 is 1.57 bits per heavy atom. The third-order valence-corrected chi connectivity index (χ3v) is 6.16. The standard InChI is InChI=1S/C23H28Cl2N2O2S/c1-3-4-13-26-23(29)17(2)27(14-18-5-9-20(24)10-6-18)22(28)16-30-15-19-7-11-21(25)12-8-19/h5-12,17H,3-4,13-16H2,1-2H3,(H,26,29)/t17-/m0/s1. The molecule has 0 saturated heterocycles. The number of carbonyl (C=O) groups is 2. The monoisotopic (exact) mass is 466 g/mol. The van der Waals surface area contributed by atoms with E-state index in [0.717, 1.165) is 24.0 Å². The van der Waals surface area contributed by atoms with Gasteiger partial charge in [0.1, 0.15) is 6.04 Å². The van der Waals surface area contributed by atoms with E-state index in [1.807, 2.05) is 36.4 Å². The number of nitrogens with zero attached hydrogens (tertiary/aromatic N) is 1. The lowest BCUT2D eigenvalue weighted by atomic mass is 10.1. The lowest BCUT2D eigenvalue weighted by Gasteiger charge is -2.29. The van der Waals surface area contributed by atoms with Crippen LogP contribution in [-0.2, 0) is 21.9 Å². The van der Waals surface area contributed by atoms with Gasteiger partial charge in [0.2, 0.25) is 11.8 Å². The first kappa shape index (κ1) is 24.6. The Balaban J connectivity index is 2.02. The summed E-state index contributed by atoms with van der Waals surface area (Å²) in [5, 5.41) is 4.26. The zero-order chi connectivity index (χ0) is 21.9. The Bertz CT molecular complexity index is 813. The van der Waals surface area contributed by atoms with Crippen molar-refractivity contribution < 1.29 is 9.59 Å². The van der Waals surface area contributed by atoms with Crippen LogP contribution in [0, 0.1) is 0 Å². The summed E-state index contributed by atoms with van der Waals surface area (Å²) in [5.41, 5.74) is 2.04. The minimum atomic E-state index is -0.554. The predicted molar refractivity (Wildman–Crippen MR) is 127 cm³/mol. The summed E-state index contributed by atoms with van der Waals surface area (Å²) >= 11 is 13.4. The van der Waals surface area contributed by atoms with Crippen molar-refractivity contribution in [2.45, 2.75) is 45.0 Å². The normalized spacial score (nSPS) is 11.7. The second-order valence-corrected chi connectivity index (χ2v) is 8.95. The van der Waals surface area contributed by atoms with Gasteiger partial charge >= 0.3 is 0 Å². The molecule has 30 heavy (non-hydrogen) atoms. The molecule has 0 unspecified atom stereocenters. The number of benzene rings is 2. The highest BCUT2D eigenvalue weighted by molar-refractivity contribution is 7.99. The van der Waals surface area contributed by atoms with E-state index in [0.29, 0.717) is 34.6 Å². The van der Waals surface area contributed by atoms with Crippen molar-refractivity contribution in [2.75, 3.05) is 12.3 Å². The van der Waals surface area contributed by atoms with Gasteiger partial charge in [0.25, 0.3) is 0 Å². The molecule has 1 N–H and O–H groups in total. The Morgan fingerprint density at radius 1 is 1.00 bits per heavy atom. The minimum absolute atomic E-state index is 0.0675. The van der Waals surface area contributed by atoms with E-state index in [1.54, 1.807) is 24.0 Å². The van der Waals surface area contributed by atoms with Crippen LogP contribution in [-0.4, -0.2) is 35.1 Å². The van der Waals surface area contributed by atoms with Crippen LogP contribution in [0.2, 0.25) is 10.0 Å². The summed E-state index contributed by atoms with van der Waals surface area (Å²) in [6, 6.07) is 14.4. The van der Waals surface area contributed by atoms with E-state index in [4.69, 9.17) is 23.2 Å². The molecule has 0 aromatic heterocycles. The highest BCUT2D eigenvalue weighted by Gasteiger charge is 2.25. The Morgan fingerprint density at radius 3 is 2.13 bits per heavy atom. The maximum Gasteiger partial charge on any atom is 0.242 e. The average molecular weight is 467 g/mol. The van der Waals surface area contributed by atoms with Crippen LogP contribution >= 0.6 is 35.0 Å². The molecule has 0 radical (unpaired) electrons. The average Bonchev–Trinajstić information content (AvgIpc) is 2.74. The molecule has 0 aliphatic heterocycles. The zero-order valence-corrected chi connectivity index (χ0v) is 19.7. The lowest BCUT2D eigenvalue weighted by Crippen LogP contribution is -2.48. The largest absolute Gasteiger partial charge is 0.354 e. The fraction of sp³-hybridized carbons (Fsp3) is 0.391. The number of carbonyl (C=O) groups excluding carboxylic acids is 2. The highest BCUT2D eigenvalue weighted by atomic mass is 35.5. The van der Waals surface area contributed by atoms with Gasteiger partial charge < -0.3 is 10.2 Å². The molecular weight excluding hydrogens is 439 g/mol. The smallest absolute Gasteiger partial charge is 0.242 e. The third kappa shape index (κ3) is 8.21. The SMILES string of the molecule is CCCCNC(=O)[C@H](C)N(Cc1ccc(Cl)cc1)C(=O)CSCc1ccc(Cl)cc1. The number of rotatable bonds is 11. The number of halogens is 2. The van der Waals surface area contributed by atoms with E-state index >= 15 is 0 Å². The number of hydrogen-bond donors (Lipinski definition) is 1. The van der Waals surface area contributed by atoms with Crippen LogP contribution in [0.4, 0.5) is 0 Å². The number of amides is 2. The molecule has 2 aromatic rings. The summed E-state index contributed by atoms with van der Waals surface area (Å²) in [4.78, 5) is 27.2. The van der Waals surface area contributed by atoms with Crippen molar-refractivity contribution in [3.05, 3.63) is 69.7 Å². The lowest BCUT2D eigenvalue weighted by molar-refractivity contribution is -0.138. The van der Waals surface area contributed by atoms with E-state index in [1.165, 1.54) is 11.8 Å². The first-order chi connectivity index (χ1) is 14.4. The van der Waals surface area contributed by atoms with Crippen LogP contribution in [0.5, 0.6) is 0 Å². The number of nitrogens with one attached hydrogen (secondary N) is 1. The molecule has 0 spiro atoms. The van der Waals surface area contributed by atoms with Crippen molar-refractivity contribution in [3.8, 4) is 0 Å². The van der Waals surface area contributed by atoms with Gasteiger partial charge in [-0.05, 0) is 48.7 Å². The molecule has 0 aliphatic carbocycles. The minimum Gasteiger partial charge on any atom is -0.354 e. The highest BCUT2D eigenvalue weighted by Crippen LogP contribution is 2.18. The molecule has 0 saturated carbocycles. The number of thioether (sulfide) groups is 1. The molecule has 0 bridgehead atoms. The van der Waals surface area contributed by atoms with Crippen LogP contribution in [0.15, 0.2) is 48.5 Å². The van der Waals surface area contributed by atoms with Gasteiger partial charge in [-0.2, -0.15) is 0 Å². The van der Waals surface area contributed by atoms with Gasteiger partial charge in [-0.15, -0.1) is 11.8 Å². The summed E-state index contributed by atoms with van der Waals surface area (Å²) in [7, 11) is 0. The van der Waals surface area contributed by atoms with Crippen molar-refractivity contribution in [3.63, 3.8) is 0 Å². The van der Waals surface area contributed by atoms with Crippen LogP contribution in [0.1, 0.15) is 37.8 Å². The van der Waals surface area contributed by atoms with Gasteiger partial charge in [0, 0.05) is 28.9 Å². The van der Waals surface area contributed by atoms with Crippen molar-refractivity contribution in [1.82, 2.24) is 10.2 Å². The maximum absolute atomic E-state index is 13.0. The first-order valence-electron chi connectivity index (χ1n) is 10.0. The first-order valence-corrected chi connectivity index (χ1v) is 12.0. The van der Waals surface area contributed by atoms with E-state index in [-0.39, 0.29) is 11.8 Å². The van der Waals surface area contributed by atoms with Crippen molar-refractivity contribution in [2.24, 2.45) is 0 Å². The van der Waals surface area contributed by atoms with Crippen LogP contribution in [0.3, 0.4) is 0 Å². The summed E-state index contributed by atoms with van der Waals surface area (Å²) < 4.78 is 0. The molecule has 7 heteroatoms. The molecule has 0 aliphatic rings. The van der Waals surface area contributed by atoms with Crippen molar-refractivity contribution >= 4 is 46.8 Å². The maximum atomic E-state index is 13.0. The second kappa shape index (κ2) is 12.9. The fourth-order valence-electron chi connectivity index (χ4n) is 2.82. The third-order valence-electron chi connectivity index (χ3n) is 4.67. The van der Waals surface area contributed by atoms with E-state index in [2.05, 4.69) is 12.2 Å². The second-order valence-electron chi connectivity index (χ2n) is 7.09. The molecule has 2 amide bonds. The quantitative estimate of drug-likeness (QED) is 0.440. The van der Waals surface area contributed by atoms with Gasteiger partial charge in [0.05, 0.1) is 5.75 Å². The molecule has 2 rings (SSSR count). The summed E-state index contributed by atoms with van der Waals surface area (Å²) in [6.45, 7) is 4.83. The topological polar surface area (TPSA) is 49.4 Å². The summed E-state index contributed by atoms with van der Waals surface area (Å²) in [6.07, 6.45) is 1.92. The van der Waals surface area contributed by atoms with Crippen LogP contribution in [0.25, 0.3) is 0 Å². The Hall–Kier alpha value is -1.69. The molecule has 1 atom stereocenters. The molecule has 162 valence electrons. The fourth-order valence-corrected chi connectivity index (χ4v) is 3.95. The Kier molecular flexibility index (Phi) is 10.6. The molecule has 0 heterocycles. The van der Waals surface area contributed by atoms with E-state index in [9.17, 15) is 9.59 Å². The molecule has 4 nitrogen and oxygen atoms in total. The van der Waals surface area contributed by atoms with Gasteiger partial charge in [-0.25, -0.2) is 0 Å². The number of hydrogen-bond acceptors (Lipinski definition) is 3. The van der Waals surface area contributed by atoms with Crippen molar-refractivity contribution in [1.29, 1.82) is 0 Å². The van der Waals surface area contributed by atoms with Gasteiger partial charge in [0.15, 0.2) is 0 Å². The predicted octanol–water partition coefficient (Wildman–Crippen LogP) is 5.56. The van der Waals surface area contributed by atoms with E-state index < -0.39 is 6.04 Å². The molecular formula is C23H28Cl2N2O2S. The molecule has 0 fully saturated rings. The summed E-state index contributed by atoms with van der Waals surface area (Å²) in [5.74, 6) is 0.799. The van der Waals surface area contributed by atoms with Gasteiger partial charge in [-0.3, -0.25) is 9.59 Å². The zero-order valence-electron chi connectivity index (χ0n) is 17.4. The van der Waals surface area contributed by atoms with Crippen LogP contribution < -0.4 is 5.32 Å². The number of unbranched alkanes of at least 4 members (excludes halogenated alkanes) is 1. The van der Waals surface area contributed by atoms with Gasteiger partial charge in [-0.1, -0.05) is 60.8 Å². The molecule has 2 aromatic carbocycles.